The Kier molecular flexibility index (Phi) is 5.35. The summed E-state index contributed by atoms with van der Waals surface area (Å²) in [5, 5.41) is 6.63. The summed E-state index contributed by atoms with van der Waals surface area (Å²) in [6.45, 7) is 4.56. The van der Waals surface area contributed by atoms with Gasteiger partial charge in [0.15, 0.2) is 0 Å². The summed E-state index contributed by atoms with van der Waals surface area (Å²) in [7, 11) is 0. The molecule has 0 saturated heterocycles. The number of carbonyl (C=O) groups excluding carboxylic acids is 1. The number of anilines is 1. The number of nitrogens with zero attached hydrogens (tertiary/aromatic N) is 1. The topological polar surface area (TPSA) is 54.0 Å². The molecule has 108 valence electrons. The lowest BCUT2D eigenvalue weighted by Gasteiger charge is -2.09. The first-order valence-corrected chi connectivity index (χ1v) is 6.90. The van der Waals surface area contributed by atoms with Gasteiger partial charge in [0.05, 0.1) is 11.3 Å². The Balaban J connectivity index is 2.03. The highest BCUT2D eigenvalue weighted by Gasteiger charge is 2.06. The van der Waals surface area contributed by atoms with Crippen LogP contribution >= 0.6 is 11.6 Å². The Labute approximate surface area is 128 Å². The Bertz CT molecular complexity index is 643. The van der Waals surface area contributed by atoms with Crippen LogP contribution in [-0.4, -0.2) is 17.4 Å². The van der Waals surface area contributed by atoms with Gasteiger partial charge in [-0.05, 0) is 17.7 Å². The van der Waals surface area contributed by atoms with Crippen LogP contribution in [0.4, 0.5) is 5.69 Å². The van der Waals surface area contributed by atoms with Gasteiger partial charge in [0.25, 0.3) is 5.91 Å². The number of pyridine rings is 1. The van der Waals surface area contributed by atoms with Crippen LogP contribution in [-0.2, 0) is 6.54 Å². The van der Waals surface area contributed by atoms with Crippen molar-refractivity contribution < 1.29 is 4.79 Å². The van der Waals surface area contributed by atoms with E-state index in [-0.39, 0.29) is 5.91 Å². The summed E-state index contributed by atoms with van der Waals surface area (Å²) >= 11 is 6.10. The van der Waals surface area contributed by atoms with E-state index in [0.717, 1.165) is 11.3 Å². The van der Waals surface area contributed by atoms with Crippen LogP contribution in [0, 0.1) is 0 Å². The van der Waals surface area contributed by atoms with E-state index in [2.05, 4.69) is 22.2 Å². The number of nitrogens with one attached hydrogen (secondary N) is 2. The van der Waals surface area contributed by atoms with Gasteiger partial charge in [-0.25, -0.2) is 0 Å². The number of hydrogen-bond acceptors (Lipinski definition) is 3. The third kappa shape index (κ3) is 4.33. The van der Waals surface area contributed by atoms with E-state index >= 15 is 0 Å². The summed E-state index contributed by atoms with van der Waals surface area (Å²) in [6.07, 6.45) is 4.82. The molecule has 0 aliphatic carbocycles. The van der Waals surface area contributed by atoms with Crippen molar-refractivity contribution in [3.63, 3.8) is 0 Å². The molecule has 0 fully saturated rings. The van der Waals surface area contributed by atoms with E-state index in [1.54, 1.807) is 18.3 Å². The summed E-state index contributed by atoms with van der Waals surface area (Å²) < 4.78 is 0. The first kappa shape index (κ1) is 15.1. The SMILES string of the molecule is C=CCNC(=O)c1cncc(NCc2ccccc2Cl)c1. The van der Waals surface area contributed by atoms with E-state index in [1.165, 1.54) is 6.20 Å². The summed E-state index contributed by atoms with van der Waals surface area (Å²) in [5.41, 5.74) is 2.25. The second-order valence-corrected chi connectivity index (χ2v) is 4.81. The number of hydrogen-bond donors (Lipinski definition) is 2. The van der Waals surface area contributed by atoms with Gasteiger partial charge in [0.2, 0.25) is 0 Å². The normalized spacial score (nSPS) is 9.95. The first-order valence-electron chi connectivity index (χ1n) is 6.52. The van der Waals surface area contributed by atoms with Crippen molar-refractivity contribution in [1.82, 2.24) is 10.3 Å². The van der Waals surface area contributed by atoms with Crippen molar-refractivity contribution in [1.29, 1.82) is 0 Å². The minimum atomic E-state index is -0.177. The van der Waals surface area contributed by atoms with Crippen LogP contribution in [0.2, 0.25) is 5.02 Å². The van der Waals surface area contributed by atoms with Crippen molar-refractivity contribution in [2.75, 3.05) is 11.9 Å². The van der Waals surface area contributed by atoms with Gasteiger partial charge in [-0.15, -0.1) is 6.58 Å². The molecule has 1 aromatic carbocycles. The average Bonchev–Trinajstić information content (AvgIpc) is 2.52. The molecule has 2 aromatic rings. The highest BCUT2D eigenvalue weighted by Crippen LogP contribution is 2.17. The maximum Gasteiger partial charge on any atom is 0.253 e. The van der Waals surface area contributed by atoms with Crippen LogP contribution in [0.15, 0.2) is 55.4 Å². The number of amides is 1. The fourth-order valence-corrected chi connectivity index (χ4v) is 1.97. The number of halogens is 1. The van der Waals surface area contributed by atoms with Crippen molar-refractivity contribution in [3.8, 4) is 0 Å². The zero-order chi connectivity index (χ0) is 15.1. The Morgan fingerprint density at radius 2 is 2.14 bits per heavy atom. The predicted octanol–water partition coefficient (Wildman–Crippen LogP) is 3.26. The molecule has 0 bridgehead atoms. The van der Waals surface area contributed by atoms with Crippen molar-refractivity contribution in [2.45, 2.75) is 6.54 Å². The zero-order valence-corrected chi connectivity index (χ0v) is 12.2. The minimum Gasteiger partial charge on any atom is -0.380 e. The lowest BCUT2D eigenvalue weighted by atomic mass is 10.2. The van der Waals surface area contributed by atoms with Crippen LogP contribution in [0.3, 0.4) is 0 Å². The van der Waals surface area contributed by atoms with Crippen molar-refractivity contribution in [3.05, 3.63) is 71.5 Å². The van der Waals surface area contributed by atoms with E-state index in [1.807, 2.05) is 24.3 Å². The van der Waals surface area contributed by atoms with Gasteiger partial charge in [-0.1, -0.05) is 35.9 Å². The number of carbonyl (C=O) groups is 1. The Morgan fingerprint density at radius 3 is 2.90 bits per heavy atom. The summed E-state index contributed by atoms with van der Waals surface area (Å²) in [5.74, 6) is -0.177. The third-order valence-electron chi connectivity index (χ3n) is 2.85. The van der Waals surface area contributed by atoms with Gasteiger partial charge in [-0.3, -0.25) is 9.78 Å². The molecule has 1 heterocycles. The molecule has 0 radical (unpaired) electrons. The molecular weight excluding hydrogens is 286 g/mol. The quantitative estimate of drug-likeness (QED) is 0.805. The minimum absolute atomic E-state index is 0.177. The van der Waals surface area contributed by atoms with Crippen molar-refractivity contribution >= 4 is 23.2 Å². The molecule has 5 heteroatoms. The molecule has 0 aliphatic heterocycles. The predicted molar refractivity (Wildman–Crippen MR) is 85.5 cm³/mol. The molecule has 0 aliphatic rings. The molecule has 0 unspecified atom stereocenters. The smallest absolute Gasteiger partial charge is 0.253 e. The summed E-state index contributed by atoms with van der Waals surface area (Å²) in [4.78, 5) is 15.9. The molecule has 0 atom stereocenters. The lowest BCUT2D eigenvalue weighted by molar-refractivity contribution is 0.0957. The van der Waals surface area contributed by atoms with Gasteiger partial charge in [0, 0.05) is 30.5 Å². The van der Waals surface area contributed by atoms with Gasteiger partial charge >= 0.3 is 0 Å². The molecule has 2 rings (SSSR count). The van der Waals surface area contributed by atoms with E-state index in [4.69, 9.17) is 11.6 Å². The Morgan fingerprint density at radius 1 is 1.33 bits per heavy atom. The van der Waals surface area contributed by atoms with Crippen molar-refractivity contribution in [2.24, 2.45) is 0 Å². The lowest BCUT2D eigenvalue weighted by Crippen LogP contribution is -2.23. The molecule has 0 spiro atoms. The van der Waals surface area contributed by atoms with Gasteiger partial charge < -0.3 is 10.6 Å². The third-order valence-corrected chi connectivity index (χ3v) is 3.22. The van der Waals surface area contributed by atoms with Crippen LogP contribution in [0.5, 0.6) is 0 Å². The monoisotopic (exact) mass is 301 g/mol. The molecule has 2 N–H and O–H groups in total. The average molecular weight is 302 g/mol. The molecule has 21 heavy (non-hydrogen) atoms. The second-order valence-electron chi connectivity index (χ2n) is 4.41. The van der Waals surface area contributed by atoms with Gasteiger partial charge in [-0.2, -0.15) is 0 Å². The fourth-order valence-electron chi connectivity index (χ4n) is 1.77. The first-order chi connectivity index (χ1) is 10.2. The summed E-state index contributed by atoms with van der Waals surface area (Å²) in [6, 6.07) is 9.36. The zero-order valence-electron chi connectivity index (χ0n) is 11.5. The van der Waals surface area contributed by atoms with Crippen LogP contribution in [0.25, 0.3) is 0 Å². The highest BCUT2D eigenvalue weighted by atomic mass is 35.5. The number of benzene rings is 1. The van der Waals surface area contributed by atoms with Crippen LogP contribution in [0.1, 0.15) is 15.9 Å². The highest BCUT2D eigenvalue weighted by molar-refractivity contribution is 6.31. The number of rotatable bonds is 6. The largest absolute Gasteiger partial charge is 0.380 e. The maximum absolute atomic E-state index is 11.8. The Hall–Kier alpha value is -2.33. The second kappa shape index (κ2) is 7.45. The van der Waals surface area contributed by atoms with E-state index in [9.17, 15) is 4.79 Å². The van der Waals surface area contributed by atoms with E-state index in [0.29, 0.717) is 23.7 Å². The van der Waals surface area contributed by atoms with Gasteiger partial charge in [0.1, 0.15) is 0 Å². The molecule has 4 nitrogen and oxygen atoms in total. The molecule has 1 aromatic heterocycles. The molecule has 1 amide bonds. The van der Waals surface area contributed by atoms with Crippen LogP contribution < -0.4 is 10.6 Å². The molecule has 0 saturated carbocycles. The molecular formula is C16H16ClN3O. The maximum atomic E-state index is 11.8. The fraction of sp³-hybridized carbons (Fsp3) is 0.125. The van der Waals surface area contributed by atoms with E-state index < -0.39 is 0 Å². The standard InChI is InChI=1S/C16H16ClN3O/c1-2-7-19-16(21)13-8-14(11-18-9-13)20-10-12-5-3-4-6-15(12)17/h2-6,8-9,11,20H,1,7,10H2,(H,19,21). The number of aromatic nitrogens is 1.